The van der Waals surface area contributed by atoms with Crippen LogP contribution < -0.4 is 10.1 Å². The van der Waals surface area contributed by atoms with Gasteiger partial charge >= 0.3 is 0 Å². The van der Waals surface area contributed by atoms with E-state index in [-0.39, 0.29) is 5.57 Å². The van der Waals surface area contributed by atoms with Crippen LogP contribution in [0.2, 0.25) is 10.0 Å². The van der Waals surface area contributed by atoms with E-state index >= 15 is 0 Å². The summed E-state index contributed by atoms with van der Waals surface area (Å²) < 4.78 is 5.76. The van der Waals surface area contributed by atoms with Gasteiger partial charge in [0.15, 0.2) is 0 Å². The fourth-order valence-corrected chi connectivity index (χ4v) is 3.23. The minimum absolute atomic E-state index is 0.0215. The van der Waals surface area contributed by atoms with Crippen LogP contribution in [0.15, 0.2) is 66.2 Å². The Kier molecular flexibility index (Phi) is 7.36. The van der Waals surface area contributed by atoms with Gasteiger partial charge < -0.3 is 10.1 Å². The van der Waals surface area contributed by atoms with E-state index in [9.17, 15) is 10.1 Å². The van der Waals surface area contributed by atoms with Gasteiger partial charge in [-0.2, -0.15) is 5.26 Å². The molecule has 0 atom stereocenters. The zero-order valence-corrected chi connectivity index (χ0v) is 18.6. The molecule has 3 aromatic carbocycles. The van der Waals surface area contributed by atoms with Gasteiger partial charge in [0.05, 0.1) is 5.02 Å². The number of ether oxygens (including phenoxy) is 1. The van der Waals surface area contributed by atoms with Gasteiger partial charge in [-0.3, -0.25) is 4.79 Å². The molecule has 0 radical (unpaired) electrons. The summed E-state index contributed by atoms with van der Waals surface area (Å²) in [4.78, 5) is 12.6. The molecule has 1 amide bonds. The van der Waals surface area contributed by atoms with Crippen LogP contribution in [0.1, 0.15) is 22.3 Å². The number of halogens is 2. The van der Waals surface area contributed by atoms with E-state index in [0.29, 0.717) is 33.7 Å². The van der Waals surface area contributed by atoms with E-state index in [0.717, 1.165) is 16.7 Å². The molecule has 3 rings (SSSR count). The number of amides is 1. The number of rotatable bonds is 6. The zero-order valence-electron chi connectivity index (χ0n) is 17.1. The monoisotopic (exact) mass is 450 g/mol. The summed E-state index contributed by atoms with van der Waals surface area (Å²) in [5.41, 5.74) is 4.25. The molecule has 6 heteroatoms. The molecule has 0 unspecified atom stereocenters. The number of anilines is 1. The molecule has 0 aliphatic heterocycles. The molecule has 0 aliphatic carbocycles. The smallest absolute Gasteiger partial charge is 0.266 e. The maximum absolute atomic E-state index is 12.6. The van der Waals surface area contributed by atoms with Gasteiger partial charge in [0, 0.05) is 10.7 Å². The molecule has 0 bridgehead atoms. The molecule has 4 nitrogen and oxygen atoms in total. The number of nitrogens with one attached hydrogen (secondary N) is 1. The molecule has 1 N–H and O–H groups in total. The quantitative estimate of drug-likeness (QED) is 0.334. The van der Waals surface area contributed by atoms with Crippen molar-refractivity contribution in [3.8, 4) is 11.8 Å². The third-order valence-electron chi connectivity index (χ3n) is 4.79. The second-order valence-electron chi connectivity index (χ2n) is 6.98. The predicted octanol–water partition coefficient (Wildman–Crippen LogP) is 6.73. The Bertz CT molecular complexity index is 1180. The molecule has 31 heavy (non-hydrogen) atoms. The van der Waals surface area contributed by atoms with E-state index in [4.69, 9.17) is 27.9 Å². The highest BCUT2D eigenvalue weighted by Gasteiger charge is 2.12. The largest absolute Gasteiger partial charge is 0.487 e. The van der Waals surface area contributed by atoms with Crippen LogP contribution in [0.4, 0.5) is 5.69 Å². The number of aryl methyl sites for hydroxylation is 1. The molecular formula is C25H20Cl2N2O2. The fourth-order valence-electron chi connectivity index (χ4n) is 2.86. The van der Waals surface area contributed by atoms with E-state index in [1.54, 1.807) is 36.4 Å². The molecule has 0 saturated carbocycles. The van der Waals surface area contributed by atoms with Crippen molar-refractivity contribution in [2.24, 2.45) is 0 Å². The van der Waals surface area contributed by atoms with Crippen molar-refractivity contribution in [1.29, 1.82) is 5.26 Å². The molecule has 0 fully saturated rings. The van der Waals surface area contributed by atoms with Crippen LogP contribution in [-0.2, 0) is 11.4 Å². The van der Waals surface area contributed by atoms with Crippen molar-refractivity contribution >= 4 is 40.9 Å². The number of hydrogen-bond donors (Lipinski definition) is 1. The number of carbonyl (C=O) groups excluding carboxylic acids is 1. The van der Waals surface area contributed by atoms with Crippen LogP contribution in [-0.4, -0.2) is 5.91 Å². The standard InChI is InChI=1S/C25H20Cl2N2O2/c1-16-4-3-5-23(17(16)2)29-25(30)20(14-28)12-19-8-11-24(22(27)13-19)31-15-18-6-9-21(26)10-7-18/h3-13H,15H2,1-2H3,(H,29,30)/b20-12+. The van der Waals surface area contributed by atoms with E-state index in [1.165, 1.54) is 6.08 Å². The molecule has 156 valence electrons. The molecule has 0 aliphatic rings. The molecule has 0 spiro atoms. The highest BCUT2D eigenvalue weighted by Crippen LogP contribution is 2.28. The normalized spacial score (nSPS) is 11.0. The van der Waals surface area contributed by atoms with Crippen molar-refractivity contribution in [3.05, 3.63) is 98.5 Å². The summed E-state index contributed by atoms with van der Waals surface area (Å²) in [5, 5.41) is 13.3. The Morgan fingerprint density at radius 1 is 1.10 bits per heavy atom. The van der Waals surface area contributed by atoms with Crippen LogP contribution >= 0.6 is 23.2 Å². The first kappa shape index (κ1) is 22.4. The fraction of sp³-hybridized carbons (Fsp3) is 0.120. The Morgan fingerprint density at radius 2 is 1.84 bits per heavy atom. The highest BCUT2D eigenvalue weighted by molar-refractivity contribution is 6.32. The molecule has 0 saturated heterocycles. The first-order valence-corrected chi connectivity index (χ1v) is 10.3. The molecule has 3 aromatic rings. The number of benzene rings is 3. The van der Waals surface area contributed by atoms with Crippen molar-refractivity contribution < 1.29 is 9.53 Å². The summed E-state index contributed by atoms with van der Waals surface area (Å²) in [6.45, 7) is 4.22. The van der Waals surface area contributed by atoms with Gasteiger partial charge in [-0.15, -0.1) is 0 Å². The van der Waals surface area contributed by atoms with Crippen molar-refractivity contribution in [2.45, 2.75) is 20.5 Å². The van der Waals surface area contributed by atoms with Gasteiger partial charge in [-0.1, -0.05) is 53.5 Å². The summed E-state index contributed by atoms with van der Waals surface area (Å²) in [5.74, 6) is 0.0301. The van der Waals surface area contributed by atoms with E-state index in [2.05, 4.69) is 5.32 Å². The number of hydrogen-bond acceptors (Lipinski definition) is 3. The average molecular weight is 451 g/mol. The highest BCUT2D eigenvalue weighted by atomic mass is 35.5. The SMILES string of the molecule is Cc1cccc(NC(=O)/C(C#N)=C/c2ccc(OCc3ccc(Cl)cc3)c(Cl)c2)c1C. The number of nitrogens with zero attached hydrogens (tertiary/aromatic N) is 1. The number of carbonyl (C=O) groups is 1. The molecule has 0 aromatic heterocycles. The van der Waals surface area contributed by atoms with Gasteiger partial charge in [0.2, 0.25) is 0 Å². The Labute approximate surface area is 191 Å². The lowest BCUT2D eigenvalue weighted by Crippen LogP contribution is -2.14. The molecule has 0 heterocycles. The maximum atomic E-state index is 12.6. The van der Waals surface area contributed by atoms with Crippen molar-refractivity contribution in [2.75, 3.05) is 5.32 Å². The minimum Gasteiger partial charge on any atom is -0.487 e. The first-order valence-electron chi connectivity index (χ1n) is 9.53. The van der Waals surface area contributed by atoms with Crippen LogP contribution in [0, 0.1) is 25.2 Å². The number of nitriles is 1. The first-order chi connectivity index (χ1) is 14.9. The van der Waals surface area contributed by atoms with Gasteiger partial charge in [-0.05, 0) is 72.5 Å². The van der Waals surface area contributed by atoms with Gasteiger partial charge in [-0.25, -0.2) is 0 Å². The third-order valence-corrected chi connectivity index (χ3v) is 5.34. The average Bonchev–Trinajstić information content (AvgIpc) is 2.75. The second kappa shape index (κ2) is 10.2. The van der Waals surface area contributed by atoms with Crippen molar-refractivity contribution in [3.63, 3.8) is 0 Å². The summed E-state index contributed by atoms with van der Waals surface area (Å²) in [7, 11) is 0. The summed E-state index contributed by atoms with van der Waals surface area (Å²) >= 11 is 12.2. The van der Waals surface area contributed by atoms with Gasteiger partial charge in [0.25, 0.3) is 5.91 Å². The van der Waals surface area contributed by atoms with Gasteiger partial charge in [0.1, 0.15) is 24.0 Å². The summed E-state index contributed by atoms with van der Waals surface area (Å²) in [6.07, 6.45) is 1.50. The lowest BCUT2D eigenvalue weighted by Gasteiger charge is -2.10. The van der Waals surface area contributed by atoms with Crippen LogP contribution in [0.5, 0.6) is 5.75 Å². The predicted molar refractivity (Wildman–Crippen MR) is 125 cm³/mol. The Hall–Kier alpha value is -3.26. The third kappa shape index (κ3) is 5.88. The Balaban J connectivity index is 1.72. The van der Waals surface area contributed by atoms with Crippen LogP contribution in [0.3, 0.4) is 0 Å². The maximum Gasteiger partial charge on any atom is 0.266 e. The minimum atomic E-state index is -0.476. The zero-order chi connectivity index (χ0) is 22.4. The topological polar surface area (TPSA) is 62.1 Å². The lowest BCUT2D eigenvalue weighted by atomic mass is 10.1. The Morgan fingerprint density at radius 3 is 2.52 bits per heavy atom. The van der Waals surface area contributed by atoms with E-state index in [1.807, 2.05) is 44.2 Å². The second-order valence-corrected chi connectivity index (χ2v) is 7.82. The lowest BCUT2D eigenvalue weighted by molar-refractivity contribution is -0.112. The molecular weight excluding hydrogens is 431 g/mol. The van der Waals surface area contributed by atoms with Crippen LogP contribution in [0.25, 0.3) is 6.08 Å². The summed E-state index contributed by atoms with van der Waals surface area (Å²) in [6, 6.07) is 20.0. The van der Waals surface area contributed by atoms with E-state index < -0.39 is 5.91 Å². The van der Waals surface area contributed by atoms with Crippen molar-refractivity contribution in [1.82, 2.24) is 0 Å².